The third kappa shape index (κ3) is 5.16. The lowest BCUT2D eigenvalue weighted by atomic mass is 9.86. The number of carbonyl (C=O) groups is 3. The fourth-order valence-corrected chi connectivity index (χ4v) is 4.21. The fraction of sp³-hybridized carbons (Fsp3) is 0.259. The normalized spacial score (nSPS) is 13.3. The summed E-state index contributed by atoms with van der Waals surface area (Å²) in [6, 6.07) is 18.0. The topological polar surface area (TPSA) is 118 Å². The molecule has 0 unspecified atom stereocenters. The van der Waals surface area contributed by atoms with E-state index in [0.717, 1.165) is 22.3 Å². The van der Waals surface area contributed by atoms with Crippen LogP contribution in [0.15, 0.2) is 66.9 Å². The van der Waals surface area contributed by atoms with Gasteiger partial charge in [-0.25, -0.2) is 14.6 Å². The van der Waals surface area contributed by atoms with Gasteiger partial charge in [0.25, 0.3) is 5.91 Å². The van der Waals surface area contributed by atoms with Gasteiger partial charge in [-0.3, -0.25) is 10.1 Å². The Labute approximate surface area is 203 Å². The van der Waals surface area contributed by atoms with Crippen LogP contribution in [0.5, 0.6) is 0 Å². The quantitative estimate of drug-likeness (QED) is 0.479. The second kappa shape index (κ2) is 9.58. The van der Waals surface area contributed by atoms with Crippen molar-refractivity contribution < 1.29 is 24.2 Å². The van der Waals surface area contributed by atoms with Crippen molar-refractivity contribution in [3.63, 3.8) is 0 Å². The zero-order chi connectivity index (χ0) is 25.2. The molecule has 0 saturated heterocycles. The van der Waals surface area contributed by atoms with E-state index in [2.05, 4.69) is 27.8 Å². The monoisotopic (exact) mass is 473 g/mol. The first kappa shape index (κ1) is 23.9. The molecule has 3 N–H and O–H groups in total. The van der Waals surface area contributed by atoms with Crippen LogP contribution in [0.3, 0.4) is 0 Å². The molecule has 8 heteroatoms. The number of pyridine rings is 1. The van der Waals surface area contributed by atoms with Gasteiger partial charge in [0, 0.05) is 5.92 Å². The number of amides is 2. The second-order valence-corrected chi connectivity index (χ2v) is 9.49. The third-order valence-corrected chi connectivity index (χ3v) is 5.97. The first-order valence-corrected chi connectivity index (χ1v) is 11.3. The number of fused-ring (bicyclic) bond motifs is 3. The Hall–Kier alpha value is -4.20. The number of aromatic nitrogens is 1. The molecule has 4 rings (SSSR count). The number of rotatable bonds is 6. The van der Waals surface area contributed by atoms with Gasteiger partial charge in [0.15, 0.2) is 0 Å². The first-order valence-electron chi connectivity index (χ1n) is 11.3. The van der Waals surface area contributed by atoms with Crippen molar-refractivity contribution in [2.24, 2.45) is 5.41 Å². The largest absolute Gasteiger partial charge is 0.480 e. The van der Waals surface area contributed by atoms with Crippen molar-refractivity contribution in [1.82, 2.24) is 10.3 Å². The van der Waals surface area contributed by atoms with Crippen LogP contribution in [-0.4, -0.2) is 40.7 Å². The zero-order valence-corrected chi connectivity index (χ0v) is 19.7. The first-order chi connectivity index (χ1) is 16.6. The third-order valence-electron chi connectivity index (χ3n) is 5.97. The average Bonchev–Trinajstić information content (AvgIpc) is 3.14. The van der Waals surface area contributed by atoms with Crippen molar-refractivity contribution in [3.8, 4) is 11.1 Å². The van der Waals surface area contributed by atoms with Gasteiger partial charge in [-0.2, -0.15) is 0 Å². The molecule has 3 aromatic rings. The molecule has 0 saturated carbocycles. The van der Waals surface area contributed by atoms with E-state index in [-0.39, 0.29) is 18.2 Å². The van der Waals surface area contributed by atoms with E-state index in [1.165, 1.54) is 18.3 Å². The smallest absolute Gasteiger partial charge is 0.411 e. The number of anilines is 1. The molecule has 1 aromatic heterocycles. The average molecular weight is 474 g/mol. The fourth-order valence-electron chi connectivity index (χ4n) is 4.21. The molecule has 1 atom stereocenters. The predicted octanol–water partition coefficient (Wildman–Crippen LogP) is 4.67. The molecule has 1 heterocycles. The van der Waals surface area contributed by atoms with Crippen LogP contribution in [0.1, 0.15) is 48.3 Å². The van der Waals surface area contributed by atoms with Gasteiger partial charge in [0.1, 0.15) is 18.3 Å². The number of nitrogens with one attached hydrogen (secondary N) is 2. The zero-order valence-electron chi connectivity index (χ0n) is 19.7. The Morgan fingerprint density at radius 3 is 2.09 bits per heavy atom. The number of hydrogen-bond acceptors (Lipinski definition) is 5. The van der Waals surface area contributed by atoms with Gasteiger partial charge in [-0.05, 0) is 39.8 Å². The van der Waals surface area contributed by atoms with Crippen LogP contribution in [-0.2, 0) is 9.53 Å². The number of carbonyl (C=O) groups excluding carboxylic acids is 2. The van der Waals surface area contributed by atoms with Crippen LogP contribution in [0.2, 0.25) is 0 Å². The lowest BCUT2D eigenvalue weighted by Crippen LogP contribution is -2.49. The Kier molecular flexibility index (Phi) is 6.55. The molecule has 0 aliphatic heterocycles. The Bertz CT molecular complexity index is 1220. The maximum atomic E-state index is 12.4. The molecular formula is C27H27N3O5. The van der Waals surface area contributed by atoms with Gasteiger partial charge in [-0.15, -0.1) is 0 Å². The van der Waals surface area contributed by atoms with Gasteiger partial charge in [0.05, 0.1) is 11.9 Å². The number of carboxylic acid groups (broad SMARTS) is 1. The van der Waals surface area contributed by atoms with Crippen molar-refractivity contribution in [2.45, 2.75) is 32.7 Å². The van der Waals surface area contributed by atoms with Crippen molar-refractivity contribution in [1.29, 1.82) is 0 Å². The lowest BCUT2D eigenvalue weighted by Gasteiger charge is -2.27. The van der Waals surface area contributed by atoms with E-state index in [4.69, 9.17) is 4.74 Å². The highest BCUT2D eigenvalue weighted by atomic mass is 16.5. The number of nitrogens with zero attached hydrogens (tertiary/aromatic N) is 1. The maximum absolute atomic E-state index is 12.4. The number of benzene rings is 2. The van der Waals surface area contributed by atoms with E-state index in [1.54, 1.807) is 20.8 Å². The van der Waals surface area contributed by atoms with Crippen LogP contribution in [0, 0.1) is 5.41 Å². The summed E-state index contributed by atoms with van der Waals surface area (Å²) in [6.07, 6.45) is 0.688. The number of hydrogen-bond donors (Lipinski definition) is 3. The molecule has 1 aliphatic rings. The highest BCUT2D eigenvalue weighted by Crippen LogP contribution is 2.44. The molecule has 0 spiro atoms. The molecule has 35 heavy (non-hydrogen) atoms. The Morgan fingerprint density at radius 2 is 1.57 bits per heavy atom. The Morgan fingerprint density at radius 1 is 0.971 bits per heavy atom. The summed E-state index contributed by atoms with van der Waals surface area (Å²) >= 11 is 0. The molecule has 1 aliphatic carbocycles. The molecule has 0 bridgehead atoms. The van der Waals surface area contributed by atoms with Crippen molar-refractivity contribution in [3.05, 3.63) is 83.7 Å². The predicted molar refractivity (Wildman–Crippen MR) is 131 cm³/mol. The van der Waals surface area contributed by atoms with Gasteiger partial charge in [0.2, 0.25) is 0 Å². The van der Waals surface area contributed by atoms with E-state index in [9.17, 15) is 19.5 Å². The maximum Gasteiger partial charge on any atom is 0.411 e. The number of aliphatic carboxylic acids is 1. The molecular weight excluding hydrogens is 446 g/mol. The minimum Gasteiger partial charge on any atom is -0.480 e. The number of ether oxygens (including phenoxy) is 1. The minimum absolute atomic E-state index is 0.0404. The van der Waals surface area contributed by atoms with Crippen LogP contribution in [0.4, 0.5) is 10.5 Å². The summed E-state index contributed by atoms with van der Waals surface area (Å²) in [5.41, 5.74) is 4.25. The van der Waals surface area contributed by atoms with E-state index >= 15 is 0 Å². The highest BCUT2D eigenvalue weighted by molar-refractivity contribution is 5.95. The minimum atomic E-state index is -1.13. The molecule has 0 radical (unpaired) electrons. The summed E-state index contributed by atoms with van der Waals surface area (Å²) in [6.45, 7) is 5.35. The number of carboxylic acids is 1. The van der Waals surface area contributed by atoms with Crippen LogP contribution >= 0.6 is 0 Å². The standard InChI is InChI=1S/C27H27N3O5/c1-27(2,3)23(25(32)33)30-24(31)22-13-12-16(14-28-22)29-26(34)35-15-21-19-10-6-4-8-17(19)18-9-5-7-11-20(18)21/h4-14,21,23H,15H2,1-3H3,(H,29,34)(H,30,31)(H,32,33)/t23-/m0/s1. The van der Waals surface area contributed by atoms with E-state index < -0.39 is 29.4 Å². The summed E-state index contributed by atoms with van der Waals surface area (Å²) < 4.78 is 5.52. The summed E-state index contributed by atoms with van der Waals surface area (Å²) in [5, 5.41) is 14.5. The molecule has 0 fully saturated rings. The summed E-state index contributed by atoms with van der Waals surface area (Å²) in [5.74, 6) is -1.79. The molecule has 2 aromatic carbocycles. The molecule has 2 amide bonds. The SMILES string of the molecule is CC(C)(C)[C@@H](NC(=O)c1ccc(NC(=O)OCC2c3ccccc3-c3ccccc32)cn1)C(=O)O. The molecule has 8 nitrogen and oxygen atoms in total. The van der Waals surface area contributed by atoms with Gasteiger partial charge < -0.3 is 15.2 Å². The summed E-state index contributed by atoms with van der Waals surface area (Å²) in [7, 11) is 0. The van der Waals surface area contributed by atoms with Crippen LogP contribution < -0.4 is 10.6 Å². The van der Waals surface area contributed by atoms with Crippen LogP contribution in [0.25, 0.3) is 11.1 Å². The van der Waals surface area contributed by atoms with E-state index in [1.807, 2.05) is 36.4 Å². The van der Waals surface area contributed by atoms with Crippen molar-refractivity contribution >= 4 is 23.7 Å². The highest BCUT2D eigenvalue weighted by Gasteiger charge is 2.33. The summed E-state index contributed by atoms with van der Waals surface area (Å²) in [4.78, 5) is 40.4. The van der Waals surface area contributed by atoms with Gasteiger partial charge >= 0.3 is 12.1 Å². The van der Waals surface area contributed by atoms with Crippen molar-refractivity contribution in [2.75, 3.05) is 11.9 Å². The molecule has 180 valence electrons. The second-order valence-electron chi connectivity index (χ2n) is 9.49. The lowest BCUT2D eigenvalue weighted by molar-refractivity contribution is -0.142. The van der Waals surface area contributed by atoms with Gasteiger partial charge in [-0.1, -0.05) is 69.3 Å². The van der Waals surface area contributed by atoms with E-state index in [0.29, 0.717) is 5.69 Å². The Balaban J connectivity index is 1.37.